The zero-order valence-corrected chi connectivity index (χ0v) is 13.9. The summed E-state index contributed by atoms with van der Waals surface area (Å²) in [4.78, 5) is 22.4. The molecule has 0 aliphatic rings. The Balaban J connectivity index is 3.44. The number of aliphatic hydroxyl groups excluding tert-OH is 1. The molecule has 0 spiro atoms. The summed E-state index contributed by atoms with van der Waals surface area (Å²) in [7, 11) is 0. The third kappa shape index (κ3) is 11.1. The lowest BCUT2D eigenvalue weighted by Gasteiger charge is -2.20. The minimum absolute atomic E-state index is 0.0593. The van der Waals surface area contributed by atoms with E-state index >= 15 is 0 Å². The molecule has 0 saturated heterocycles. The summed E-state index contributed by atoms with van der Waals surface area (Å²) in [6.07, 6.45) is 2.55. The Kier molecular flexibility index (Phi) is 10.3. The minimum Gasteiger partial charge on any atom is -0.462 e. The maximum Gasteiger partial charge on any atom is 0.508 e. The fraction of sp³-hybridized carbons (Fsp3) is 0.750. The lowest BCUT2D eigenvalue weighted by atomic mass is 9.97. The summed E-state index contributed by atoms with van der Waals surface area (Å²) in [5.41, 5.74) is -0.0587. The molecule has 0 amide bonds. The van der Waals surface area contributed by atoms with Gasteiger partial charge in [-0.05, 0) is 32.6 Å². The third-order valence-corrected chi connectivity index (χ3v) is 2.85. The van der Waals surface area contributed by atoms with Gasteiger partial charge in [-0.2, -0.15) is 0 Å². The van der Waals surface area contributed by atoms with Gasteiger partial charge in [0.1, 0.15) is 6.61 Å². The Morgan fingerprint density at radius 1 is 1.00 bits per heavy atom. The molecule has 0 saturated carbocycles. The fourth-order valence-electron chi connectivity index (χ4n) is 1.34. The maximum absolute atomic E-state index is 11.3. The number of hydrogen-bond acceptors (Lipinski definition) is 6. The van der Waals surface area contributed by atoms with Crippen molar-refractivity contribution in [3.05, 3.63) is 12.2 Å². The highest BCUT2D eigenvalue weighted by molar-refractivity contribution is 5.86. The number of carbonyl (C=O) groups excluding carboxylic acids is 2. The van der Waals surface area contributed by atoms with E-state index in [4.69, 9.17) is 19.3 Å². The first-order chi connectivity index (χ1) is 10.3. The molecule has 0 aromatic heterocycles. The molecular formula is C16H28O6. The van der Waals surface area contributed by atoms with Crippen LogP contribution in [0.5, 0.6) is 0 Å². The summed E-state index contributed by atoms with van der Waals surface area (Å²) < 4.78 is 14.8. The summed E-state index contributed by atoms with van der Waals surface area (Å²) in [6, 6.07) is 0. The van der Waals surface area contributed by atoms with Gasteiger partial charge in [-0.25, -0.2) is 9.59 Å². The molecule has 1 N–H and O–H groups in total. The highest BCUT2D eigenvalue weighted by atomic mass is 16.7. The average Bonchev–Trinajstić information content (AvgIpc) is 2.47. The van der Waals surface area contributed by atoms with Gasteiger partial charge >= 0.3 is 12.1 Å². The Hall–Kier alpha value is -1.56. The Morgan fingerprint density at radius 2 is 1.55 bits per heavy atom. The highest BCUT2D eigenvalue weighted by Crippen LogP contribution is 2.14. The monoisotopic (exact) mass is 316 g/mol. The van der Waals surface area contributed by atoms with Gasteiger partial charge in [0.15, 0.2) is 0 Å². The second kappa shape index (κ2) is 11.1. The van der Waals surface area contributed by atoms with E-state index in [9.17, 15) is 9.59 Å². The molecule has 128 valence electrons. The second-order valence-corrected chi connectivity index (χ2v) is 6.04. The summed E-state index contributed by atoms with van der Waals surface area (Å²) in [5.74, 6) is -0.364. The van der Waals surface area contributed by atoms with Gasteiger partial charge in [-0.3, -0.25) is 0 Å². The van der Waals surface area contributed by atoms with Crippen LogP contribution in [0, 0.1) is 5.41 Å². The number of unbranched alkanes of at least 4 members (excludes halogenated alkanes) is 3. The lowest BCUT2D eigenvalue weighted by Crippen LogP contribution is -2.25. The number of hydrogen-bond donors (Lipinski definition) is 1. The molecule has 6 nitrogen and oxygen atoms in total. The van der Waals surface area contributed by atoms with Crippen LogP contribution in [-0.2, 0) is 19.0 Å². The topological polar surface area (TPSA) is 82.1 Å². The second-order valence-electron chi connectivity index (χ2n) is 6.04. The predicted octanol–water partition coefficient (Wildman–Crippen LogP) is 2.84. The van der Waals surface area contributed by atoms with Gasteiger partial charge in [0, 0.05) is 11.0 Å². The van der Waals surface area contributed by atoms with Gasteiger partial charge in [0.05, 0.1) is 19.8 Å². The average molecular weight is 316 g/mol. The van der Waals surface area contributed by atoms with Crippen LogP contribution in [0.25, 0.3) is 0 Å². The smallest absolute Gasteiger partial charge is 0.462 e. The van der Waals surface area contributed by atoms with E-state index in [2.05, 4.69) is 6.58 Å². The molecule has 0 unspecified atom stereocenters. The van der Waals surface area contributed by atoms with Gasteiger partial charge in [0.2, 0.25) is 0 Å². The van der Waals surface area contributed by atoms with Crippen LogP contribution in [0.4, 0.5) is 4.79 Å². The van der Waals surface area contributed by atoms with Crippen molar-refractivity contribution in [2.75, 3.05) is 26.4 Å². The zero-order chi connectivity index (χ0) is 17.0. The van der Waals surface area contributed by atoms with E-state index < -0.39 is 11.6 Å². The molecule has 0 aliphatic heterocycles. The minimum atomic E-state index is -0.711. The first kappa shape index (κ1) is 20.4. The molecular weight excluding hydrogens is 288 g/mol. The van der Waals surface area contributed by atoms with E-state index in [0.717, 1.165) is 25.7 Å². The number of ether oxygens (including phenoxy) is 3. The fourth-order valence-corrected chi connectivity index (χ4v) is 1.34. The largest absolute Gasteiger partial charge is 0.508 e. The summed E-state index contributed by atoms with van der Waals surface area (Å²) in [6.45, 7) is 9.43. The Bertz CT molecular complexity index is 362. The SMILES string of the molecule is C=C(C)C(=O)OCCCCCCOC(=O)OCC(C)(C)CO. The van der Waals surface area contributed by atoms with Gasteiger partial charge in [0.25, 0.3) is 0 Å². The van der Waals surface area contributed by atoms with Crippen molar-refractivity contribution < 1.29 is 28.9 Å². The number of aliphatic hydroxyl groups is 1. The van der Waals surface area contributed by atoms with Crippen molar-refractivity contribution >= 4 is 12.1 Å². The molecule has 22 heavy (non-hydrogen) atoms. The molecule has 0 aromatic carbocycles. The van der Waals surface area contributed by atoms with E-state index in [1.54, 1.807) is 20.8 Å². The van der Waals surface area contributed by atoms with Crippen LogP contribution in [0.2, 0.25) is 0 Å². The number of rotatable bonds is 11. The van der Waals surface area contributed by atoms with Crippen LogP contribution >= 0.6 is 0 Å². The normalized spacial score (nSPS) is 10.9. The van der Waals surface area contributed by atoms with Crippen LogP contribution in [-0.4, -0.2) is 43.7 Å². The van der Waals surface area contributed by atoms with Gasteiger partial charge in [-0.1, -0.05) is 20.4 Å². The van der Waals surface area contributed by atoms with Crippen molar-refractivity contribution in [2.24, 2.45) is 5.41 Å². The van der Waals surface area contributed by atoms with Crippen molar-refractivity contribution in [1.82, 2.24) is 0 Å². The first-order valence-corrected chi connectivity index (χ1v) is 7.51. The molecule has 0 fully saturated rings. The van der Waals surface area contributed by atoms with Crippen LogP contribution in [0.3, 0.4) is 0 Å². The van der Waals surface area contributed by atoms with E-state index in [1.807, 2.05) is 0 Å². The maximum atomic E-state index is 11.3. The lowest BCUT2D eigenvalue weighted by molar-refractivity contribution is -0.139. The molecule has 6 heteroatoms. The first-order valence-electron chi connectivity index (χ1n) is 7.51. The van der Waals surface area contributed by atoms with E-state index in [1.165, 1.54) is 0 Å². The number of esters is 1. The van der Waals surface area contributed by atoms with Crippen LogP contribution in [0.1, 0.15) is 46.5 Å². The Labute approximate surface area is 132 Å². The van der Waals surface area contributed by atoms with Crippen molar-refractivity contribution in [3.63, 3.8) is 0 Å². The van der Waals surface area contributed by atoms with Crippen molar-refractivity contribution in [2.45, 2.75) is 46.5 Å². The third-order valence-electron chi connectivity index (χ3n) is 2.85. The van der Waals surface area contributed by atoms with Crippen molar-refractivity contribution in [1.29, 1.82) is 0 Å². The van der Waals surface area contributed by atoms with Crippen LogP contribution < -0.4 is 0 Å². The van der Waals surface area contributed by atoms with E-state index in [-0.39, 0.29) is 19.2 Å². The summed E-state index contributed by atoms with van der Waals surface area (Å²) in [5, 5.41) is 9.02. The Morgan fingerprint density at radius 3 is 2.05 bits per heavy atom. The zero-order valence-electron chi connectivity index (χ0n) is 13.9. The molecule has 0 aliphatic carbocycles. The standard InChI is InChI=1S/C16H28O6/c1-13(2)14(18)20-9-7-5-6-8-10-21-15(19)22-12-16(3,4)11-17/h17H,1,5-12H2,2-4H3. The van der Waals surface area contributed by atoms with Gasteiger partial charge < -0.3 is 19.3 Å². The molecule has 0 aromatic rings. The molecule has 0 rings (SSSR count). The summed E-state index contributed by atoms with van der Waals surface area (Å²) >= 11 is 0. The predicted molar refractivity (Wildman–Crippen MR) is 82.4 cm³/mol. The molecule has 0 atom stereocenters. The molecule has 0 bridgehead atoms. The van der Waals surface area contributed by atoms with Crippen LogP contribution in [0.15, 0.2) is 12.2 Å². The molecule has 0 radical (unpaired) electrons. The van der Waals surface area contributed by atoms with E-state index in [0.29, 0.717) is 18.8 Å². The number of carbonyl (C=O) groups is 2. The van der Waals surface area contributed by atoms with Crippen molar-refractivity contribution in [3.8, 4) is 0 Å². The highest BCUT2D eigenvalue weighted by Gasteiger charge is 2.19. The van der Waals surface area contributed by atoms with Gasteiger partial charge in [-0.15, -0.1) is 0 Å². The quantitative estimate of drug-likeness (QED) is 0.358. The molecule has 0 heterocycles.